The van der Waals surface area contributed by atoms with Crippen LogP contribution in [0.15, 0.2) is 34.7 Å². The van der Waals surface area contributed by atoms with Crippen molar-refractivity contribution in [3.8, 4) is 11.5 Å². The van der Waals surface area contributed by atoms with E-state index >= 15 is 0 Å². The number of hydrogen-bond donors (Lipinski definition) is 1. The van der Waals surface area contributed by atoms with Crippen LogP contribution in [0.3, 0.4) is 0 Å². The van der Waals surface area contributed by atoms with E-state index in [4.69, 9.17) is 4.42 Å². The molecule has 0 bridgehead atoms. The summed E-state index contributed by atoms with van der Waals surface area (Å²) in [6.07, 6.45) is 1.99. The second-order valence-corrected chi connectivity index (χ2v) is 4.95. The molecule has 1 aromatic heterocycles. The molecule has 0 saturated carbocycles. The molecule has 4 heteroatoms. The highest BCUT2D eigenvalue weighted by Gasteiger charge is 2.19. The first-order valence-electron chi connectivity index (χ1n) is 6.95. The number of aryl methyl sites for hydroxylation is 1. The summed E-state index contributed by atoms with van der Waals surface area (Å²) in [6.45, 7) is 5.85. The van der Waals surface area contributed by atoms with Gasteiger partial charge in [-0.1, -0.05) is 31.5 Å². The number of hydrogen-bond acceptors (Lipinski definition) is 3. The van der Waals surface area contributed by atoms with Gasteiger partial charge in [-0.05, 0) is 32.4 Å². The lowest BCUT2D eigenvalue weighted by molar-refractivity contribution is 0.0932. The lowest BCUT2D eigenvalue weighted by Crippen LogP contribution is -2.32. The van der Waals surface area contributed by atoms with Crippen LogP contribution < -0.4 is 5.32 Å². The van der Waals surface area contributed by atoms with Crippen LogP contribution in [0.25, 0.3) is 11.5 Å². The highest BCUT2D eigenvalue weighted by Crippen LogP contribution is 2.21. The lowest BCUT2D eigenvalue weighted by atomic mass is 10.2. The smallest absolute Gasteiger partial charge is 0.273 e. The predicted molar refractivity (Wildman–Crippen MR) is 78.5 cm³/mol. The molecule has 4 nitrogen and oxygen atoms in total. The van der Waals surface area contributed by atoms with Crippen LogP contribution in [0.4, 0.5) is 0 Å². The van der Waals surface area contributed by atoms with Crippen molar-refractivity contribution in [2.75, 3.05) is 0 Å². The molecule has 0 aliphatic heterocycles. The Morgan fingerprint density at radius 2 is 2.05 bits per heavy atom. The molecule has 2 rings (SSSR count). The van der Waals surface area contributed by atoms with Crippen molar-refractivity contribution in [2.45, 2.75) is 39.7 Å². The van der Waals surface area contributed by atoms with Gasteiger partial charge in [0.15, 0.2) is 5.69 Å². The monoisotopic (exact) mass is 272 g/mol. The van der Waals surface area contributed by atoms with E-state index in [1.807, 2.05) is 37.3 Å². The normalized spacial score (nSPS) is 12.2. The SMILES string of the molecule is CCC[C@H](C)NC(=O)c1nc(-c2ccccc2)oc1C. The zero-order valence-corrected chi connectivity index (χ0v) is 12.1. The molecule has 20 heavy (non-hydrogen) atoms. The summed E-state index contributed by atoms with van der Waals surface area (Å²) in [5.74, 6) is 0.857. The molecule has 1 heterocycles. The number of carbonyl (C=O) groups excluding carboxylic acids is 1. The molecule has 0 saturated heterocycles. The van der Waals surface area contributed by atoms with Crippen LogP contribution >= 0.6 is 0 Å². The minimum atomic E-state index is -0.172. The van der Waals surface area contributed by atoms with Gasteiger partial charge >= 0.3 is 0 Å². The minimum Gasteiger partial charge on any atom is -0.441 e. The van der Waals surface area contributed by atoms with E-state index in [9.17, 15) is 4.79 Å². The van der Waals surface area contributed by atoms with E-state index in [0.29, 0.717) is 17.3 Å². The first-order chi connectivity index (χ1) is 9.61. The summed E-state index contributed by atoms with van der Waals surface area (Å²) in [6, 6.07) is 9.72. The molecule has 0 aliphatic carbocycles. The van der Waals surface area contributed by atoms with Gasteiger partial charge in [-0.3, -0.25) is 4.79 Å². The third-order valence-electron chi connectivity index (χ3n) is 3.13. The summed E-state index contributed by atoms with van der Waals surface area (Å²) < 4.78 is 5.59. The molecule has 0 aliphatic rings. The van der Waals surface area contributed by atoms with Crippen molar-refractivity contribution in [3.63, 3.8) is 0 Å². The number of aromatic nitrogens is 1. The molecule has 0 unspecified atom stereocenters. The molecule has 1 amide bonds. The van der Waals surface area contributed by atoms with Crippen molar-refractivity contribution < 1.29 is 9.21 Å². The van der Waals surface area contributed by atoms with Crippen LogP contribution in [0.2, 0.25) is 0 Å². The highest BCUT2D eigenvalue weighted by molar-refractivity contribution is 5.93. The Kier molecular flexibility index (Phi) is 4.56. The Morgan fingerprint density at radius 1 is 1.35 bits per heavy atom. The molecule has 106 valence electrons. The summed E-state index contributed by atoms with van der Waals surface area (Å²) in [7, 11) is 0. The summed E-state index contributed by atoms with van der Waals surface area (Å²) in [5.41, 5.74) is 1.24. The van der Waals surface area contributed by atoms with Crippen LogP contribution in [0.1, 0.15) is 42.9 Å². The van der Waals surface area contributed by atoms with Crippen LogP contribution in [-0.2, 0) is 0 Å². The van der Waals surface area contributed by atoms with Gasteiger partial charge in [0, 0.05) is 11.6 Å². The number of nitrogens with zero attached hydrogens (tertiary/aromatic N) is 1. The van der Waals surface area contributed by atoms with Gasteiger partial charge in [0.1, 0.15) is 5.76 Å². The fourth-order valence-corrected chi connectivity index (χ4v) is 2.11. The van der Waals surface area contributed by atoms with Gasteiger partial charge < -0.3 is 9.73 Å². The van der Waals surface area contributed by atoms with Crippen LogP contribution in [-0.4, -0.2) is 16.9 Å². The Bertz CT molecular complexity index is 575. The molecule has 0 radical (unpaired) electrons. The number of amides is 1. The van der Waals surface area contributed by atoms with Crippen LogP contribution in [0, 0.1) is 6.92 Å². The quantitative estimate of drug-likeness (QED) is 0.905. The minimum absolute atomic E-state index is 0.142. The first kappa shape index (κ1) is 14.3. The molecule has 1 N–H and O–H groups in total. The zero-order chi connectivity index (χ0) is 14.5. The number of benzene rings is 1. The van der Waals surface area contributed by atoms with Gasteiger partial charge in [-0.25, -0.2) is 4.98 Å². The maximum absolute atomic E-state index is 12.2. The molecule has 1 aromatic carbocycles. The summed E-state index contributed by atoms with van der Waals surface area (Å²) in [5, 5.41) is 2.94. The number of oxazole rings is 1. The molecule has 0 fully saturated rings. The highest BCUT2D eigenvalue weighted by atomic mass is 16.4. The Balaban J connectivity index is 2.17. The summed E-state index contributed by atoms with van der Waals surface area (Å²) in [4.78, 5) is 16.5. The van der Waals surface area contributed by atoms with Gasteiger partial charge in [-0.15, -0.1) is 0 Å². The van der Waals surface area contributed by atoms with Crippen LogP contribution in [0.5, 0.6) is 0 Å². The molecular weight excluding hydrogens is 252 g/mol. The number of nitrogens with one attached hydrogen (secondary N) is 1. The zero-order valence-electron chi connectivity index (χ0n) is 12.1. The van der Waals surface area contributed by atoms with E-state index in [1.165, 1.54) is 0 Å². The Labute approximate surface area is 119 Å². The van der Waals surface area contributed by atoms with Gasteiger partial charge in [0.05, 0.1) is 0 Å². The van der Waals surface area contributed by atoms with Crippen molar-refractivity contribution in [1.82, 2.24) is 10.3 Å². The number of carbonyl (C=O) groups is 1. The van der Waals surface area contributed by atoms with E-state index < -0.39 is 0 Å². The second kappa shape index (κ2) is 6.37. The van der Waals surface area contributed by atoms with E-state index in [-0.39, 0.29) is 11.9 Å². The second-order valence-electron chi connectivity index (χ2n) is 4.95. The van der Waals surface area contributed by atoms with Crippen molar-refractivity contribution in [2.24, 2.45) is 0 Å². The first-order valence-corrected chi connectivity index (χ1v) is 6.95. The third kappa shape index (κ3) is 3.26. The van der Waals surface area contributed by atoms with Gasteiger partial charge in [-0.2, -0.15) is 0 Å². The molecular formula is C16H20N2O2. The average molecular weight is 272 g/mol. The van der Waals surface area contributed by atoms with Crippen molar-refractivity contribution in [1.29, 1.82) is 0 Å². The Morgan fingerprint density at radius 3 is 2.70 bits per heavy atom. The topological polar surface area (TPSA) is 55.1 Å². The van der Waals surface area contributed by atoms with E-state index in [2.05, 4.69) is 17.2 Å². The standard InChI is InChI=1S/C16H20N2O2/c1-4-8-11(2)17-15(19)14-12(3)20-16(18-14)13-9-6-5-7-10-13/h5-7,9-11H,4,8H2,1-3H3,(H,17,19)/t11-/m0/s1. The van der Waals surface area contributed by atoms with Gasteiger partial charge in [0.2, 0.25) is 5.89 Å². The molecule has 1 atom stereocenters. The van der Waals surface area contributed by atoms with E-state index in [0.717, 1.165) is 18.4 Å². The summed E-state index contributed by atoms with van der Waals surface area (Å²) >= 11 is 0. The molecule has 2 aromatic rings. The molecule has 0 spiro atoms. The largest absolute Gasteiger partial charge is 0.441 e. The Hall–Kier alpha value is -2.10. The third-order valence-corrected chi connectivity index (χ3v) is 3.13. The maximum atomic E-state index is 12.2. The fourth-order valence-electron chi connectivity index (χ4n) is 2.11. The average Bonchev–Trinajstić information content (AvgIpc) is 2.82. The van der Waals surface area contributed by atoms with E-state index in [1.54, 1.807) is 6.92 Å². The van der Waals surface area contributed by atoms with Gasteiger partial charge in [0.25, 0.3) is 5.91 Å². The van der Waals surface area contributed by atoms with Crippen molar-refractivity contribution >= 4 is 5.91 Å². The van der Waals surface area contributed by atoms with Crippen molar-refractivity contribution in [3.05, 3.63) is 41.8 Å². The number of rotatable bonds is 5. The maximum Gasteiger partial charge on any atom is 0.273 e. The predicted octanol–water partition coefficient (Wildman–Crippen LogP) is 3.57. The lowest BCUT2D eigenvalue weighted by Gasteiger charge is -2.11. The fraction of sp³-hybridized carbons (Fsp3) is 0.375.